The SMILES string of the molecule is Cc1ccccc1S(=O)(=O)NNc1sc2cc([N+](=O)[O-])ccc2[n+]1C. The van der Waals surface area contributed by atoms with E-state index in [1.54, 1.807) is 42.8 Å². The molecule has 3 rings (SSSR count). The molecular formula is C15H15N4O4S2+. The zero-order chi connectivity index (χ0) is 18.2. The van der Waals surface area contributed by atoms with Crippen LogP contribution >= 0.6 is 11.3 Å². The highest BCUT2D eigenvalue weighted by atomic mass is 32.2. The van der Waals surface area contributed by atoms with Gasteiger partial charge in [-0.15, -0.1) is 0 Å². The summed E-state index contributed by atoms with van der Waals surface area (Å²) in [6.07, 6.45) is 0. The Labute approximate surface area is 147 Å². The van der Waals surface area contributed by atoms with Gasteiger partial charge in [-0.25, -0.2) is 13.0 Å². The number of sulfonamides is 1. The van der Waals surface area contributed by atoms with E-state index in [1.165, 1.54) is 29.5 Å². The zero-order valence-corrected chi connectivity index (χ0v) is 15.0. The number of nitrogens with zero attached hydrogens (tertiary/aromatic N) is 2. The predicted octanol–water partition coefficient (Wildman–Crippen LogP) is 2.25. The highest BCUT2D eigenvalue weighted by Gasteiger charge is 2.22. The van der Waals surface area contributed by atoms with Crippen molar-refractivity contribution in [3.05, 3.63) is 58.1 Å². The summed E-state index contributed by atoms with van der Waals surface area (Å²) in [6, 6.07) is 11.2. The van der Waals surface area contributed by atoms with Crippen LogP contribution in [0.5, 0.6) is 0 Å². The lowest BCUT2D eigenvalue weighted by atomic mass is 10.2. The quantitative estimate of drug-likeness (QED) is 0.402. The fourth-order valence-electron chi connectivity index (χ4n) is 2.39. The summed E-state index contributed by atoms with van der Waals surface area (Å²) in [6.45, 7) is 1.72. The Morgan fingerprint density at radius 2 is 1.92 bits per heavy atom. The van der Waals surface area contributed by atoms with Gasteiger partial charge in [0.05, 0.1) is 21.6 Å². The van der Waals surface area contributed by atoms with E-state index in [1.807, 2.05) is 0 Å². The first-order valence-corrected chi connectivity index (χ1v) is 9.50. The van der Waals surface area contributed by atoms with E-state index >= 15 is 0 Å². The molecule has 8 nitrogen and oxygen atoms in total. The molecule has 10 heteroatoms. The van der Waals surface area contributed by atoms with Crippen molar-refractivity contribution in [3.63, 3.8) is 0 Å². The number of non-ortho nitro benzene ring substituents is 1. The van der Waals surface area contributed by atoms with Gasteiger partial charge in [0.1, 0.15) is 5.52 Å². The van der Waals surface area contributed by atoms with E-state index in [-0.39, 0.29) is 10.6 Å². The van der Waals surface area contributed by atoms with Crippen LogP contribution in [-0.2, 0) is 17.1 Å². The maximum atomic E-state index is 12.4. The lowest BCUT2D eigenvalue weighted by Crippen LogP contribution is -2.37. The van der Waals surface area contributed by atoms with E-state index in [4.69, 9.17) is 0 Å². The summed E-state index contributed by atoms with van der Waals surface area (Å²) in [5.41, 5.74) is 4.07. The van der Waals surface area contributed by atoms with Crippen molar-refractivity contribution in [2.45, 2.75) is 11.8 Å². The standard InChI is InChI=1S/C15H14N4O4S2/c1-10-5-3-4-6-14(10)25(22,23)17-16-15-18(2)12-8-7-11(19(20)21)9-13(12)24-15/h3-9,17H,1-2H3/p+1. The third-order valence-corrected chi connectivity index (χ3v) is 6.23. The first-order chi connectivity index (χ1) is 11.8. The minimum absolute atomic E-state index is 0.0126. The molecule has 2 N–H and O–H groups in total. The molecule has 0 aliphatic carbocycles. The van der Waals surface area contributed by atoms with Gasteiger partial charge in [0.2, 0.25) is 0 Å². The lowest BCUT2D eigenvalue weighted by molar-refractivity contribution is -0.626. The molecule has 0 bridgehead atoms. The molecular weight excluding hydrogens is 364 g/mol. The van der Waals surface area contributed by atoms with Crippen molar-refractivity contribution in [3.8, 4) is 0 Å². The number of nitrogens with one attached hydrogen (secondary N) is 2. The Kier molecular flexibility index (Phi) is 4.41. The Hall–Kier alpha value is -2.56. The van der Waals surface area contributed by atoms with Gasteiger partial charge in [0, 0.05) is 12.1 Å². The minimum atomic E-state index is -3.74. The maximum absolute atomic E-state index is 12.4. The van der Waals surface area contributed by atoms with Crippen molar-refractivity contribution in [2.75, 3.05) is 5.43 Å². The maximum Gasteiger partial charge on any atom is 0.353 e. The van der Waals surface area contributed by atoms with Gasteiger partial charge in [-0.1, -0.05) is 18.2 Å². The number of hydrogen-bond acceptors (Lipinski definition) is 6. The van der Waals surface area contributed by atoms with Crippen LogP contribution in [-0.4, -0.2) is 13.3 Å². The molecule has 0 atom stereocenters. The number of nitro groups is 1. The van der Waals surface area contributed by atoms with Crippen LogP contribution in [0.4, 0.5) is 10.8 Å². The highest BCUT2D eigenvalue weighted by molar-refractivity contribution is 7.89. The number of aryl methyl sites for hydroxylation is 2. The summed E-state index contributed by atoms with van der Waals surface area (Å²) in [7, 11) is -2.00. The third kappa shape index (κ3) is 3.31. The topological polar surface area (TPSA) is 105 Å². The Bertz CT molecular complexity index is 1080. The molecule has 1 aromatic heterocycles. The minimum Gasteiger partial charge on any atom is -0.258 e. The van der Waals surface area contributed by atoms with Crippen LogP contribution in [0.1, 0.15) is 5.56 Å². The van der Waals surface area contributed by atoms with Crippen molar-refractivity contribution in [1.82, 2.24) is 4.83 Å². The van der Waals surface area contributed by atoms with Gasteiger partial charge in [-0.3, -0.25) is 10.1 Å². The second-order valence-electron chi connectivity index (χ2n) is 5.37. The second kappa shape index (κ2) is 6.39. The normalized spacial score (nSPS) is 11.6. The first-order valence-electron chi connectivity index (χ1n) is 7.20. The van der Waals surface area contributed by atoms with Crippen molar-refractivity contribution >= 4 is 42.4 Å². The van der Waals surface area contributed by atoms with E-state index in [0.717, 1.165) is 5.52 Å². The zero-order valence-electron chi connectivity index (χ0n) is 13.4. The van der Waals surface area contributed by atoms with Crippen LogP contribution in [0, 0.1) is 17.0 Å². The van der Waals surface area contributed by atoms with Crippen LogP contribution in [0.15, 0.2) is 47.4 Å². The average molecular weight is 379 g/mol. The van der Waals surface area contributed by atoms with Gasteiger partial charge >= 0.3 is 5.13 Å². The smallest absolute Gasteiger partial charge is 0.258 e. The molecule has 1 heterocycles. The lowest BCUT2D eigenvalue weighted by Gasteiger charge is -2.06. The van der Waals surface area contributed by atoms with Crippen molar-refractivity contribution in [1.29, 1.82) is 0 Å². The number of nitro benzene ring substituents is 1. The monoisotopic (exact) mass is 379 g/mol. The molecule has 2 aromatic carbocycles. The summed E-state index contributed by atoms with van der Waals surface area (Å²) >= 11 is 1.22. The summed E-state index contributed by atoms with van der Waals surface area (Å²) in [4.78, 5) is 12.9. The number of benzene rings is 2. The molecule has 0 unspecified atom stereocenters. The summed E-state index contributed by atoms with van der Waals surface area (Å²) < 4.78 is 27.3. The molecule has 0 aliphatic heterocycles. The van der Waals surface area contributed by atoms with Crippen molar-refractivity contribution < 1.29 is 17.9 Å². The summed E-state index contributed by atoms with van der Waals surface area (Å²) in [5.74, 6) is 0. The number of thiazole rings is 1. The Morgan fingerprint density at radius 3 is 2.60 bits per heavy atom. The largest absolute Gasteiger partial charge is 0.353 e. The third-order valence-electron chi connectivity index (χ3n) is 3.70. The first kappa shape index (κ1) is 17.3. The molecule has 0 amide bonds. The van der Waals surface area contributed by atoms with Gasteiger partial charge in [-0.2, -0.15) is 5.43 Å². The highest BCUT2D eigenvalue weighted by Crippen LogP contribution is 2.27. The number of rotatable bonds is 5. The van der Waals surface area contributed by atoms with Crippen molar-refractivity contribution in [2.24, 2.45) is 7.05 Å². The van der Waals surface area contributed by atoms with Gasteiger partial charge < -0.3 is 0 Å². The molecule has 0 spiro atoms. The molecule has 25 heavy (non-hydrogen) atoms. The molecule has 0 saturated heterocycles. The molecule has 0 fully saturated rings. The Balaban J connectivity index is 1.90. The van der Waals surface area contributed by atoms with E-state index < -0.39 is 14.9 Å². The van der Waals surface area contributed by atoms with Crippen LogP contribution < -0.4 is 14.8 Å². The molecule has 130 valence electrons. The number of hydrazine groups is 1. The summed E-state index contributed by atoms with van der Waals surface area (Å²) in [5, 5.41) is 11.4. The van der Waals surface area contributed by atoms with Crippen LogP contribution in [0.25, 0.3) is 10.2 Å². The van der Waals surface area contributed by atoms with Gasteiger partial charge in [0.25, 0.3) is 15.7 Å². The van der Waals surface area contributed by atoms with Gasteiger partial charge in [0.15, 0.2) is 0 Å². The number of hydrogen-bond donors (Lipinski definition) is 2. The molecule has 0 radical (unpaired) electrons. The van der Waals surface area contributed by atoms with E-state index in [0.29, 0.717) is 15.4 Å². The molecule has 0 aliphatic rings. The predicted molar refractivity (Wildman–Crippen MR) is 94.8 cm³/mol. The van der Waals surface area contributed by atoms with E-state index in [9.17, 15) is 18.5 Å². The Morgan fingerprint density at radius 1 is 1.20 bits per heavy atom. The fourth-order valence-corrected chi connectivity index (χ4v) is 4.58. The number of aromatic nitrogens is 1. The average Bonchev–Trinajstić information content (AvgIpc) is 2.89. The number of fused-ring (bicyclic) bond motifs is 1. The van der Waals surface area contributed by atoms with Crippen LogP contribution in [0.2, 0.25) is 0 Å². The molecule has 0 saturated carbocycles. The van der Waals surface area contributed by atoms with Gasteiger partial charge in [-0.05, 0) is 40.8 Å². The number of anilines is 1. The molecule has 3 aromatic rings. The van der Waals surface area contributed by atoms with E-state index in [2.05, 4.69) is 10.3 Å². The second-order valence-corrected chi connectivity index (χ2v) is 8.05. The fraction of sp³-hybridized carbons (Fsp3) is 0.133. The van der Waals surface area contributed by atoms with Crippen LogP contribution in [0.3, 0.4) is 0 Å².